The van der Waals surface area contributed by atoms with Crippen LogP contribution in [0.25, 0.3) is 0 Å². The Hall–Kier alpha value is -1.17. The Morgan fingerprint density at radius 1 is 1.29 bits per heavy atom. The van der Waals surface area contributed by atoms with Gasteiger partial charge in [0.25, 0.3) is 0 Å². The molecule has 2 heterocycles. The fourth-order valence-corrected chi connectivity index (χ4v) is 4.55. The van der Waals surface area contributed by atoms with Crippen molar-refractivity contribution in [3.8, 4) is 0 Å². The minimum atomic E-state index is 0.297. The number of nitrogens with zero attached hydrogens (tertiary/aromatic N) is 3. The summed E-state index contributed by atoms with van der Waals surface area (Å²) < 4.78 is 2.60. The highest BCUT2D eigenvalue weighted by Gasteiger charge is 2.29. The van der Waals surface area contributed by atoms with E-state index in [1.165, 1.54) is 32.1 Å². The molecule has 24 heavy (non-hydrogen) atoms. The minimum Gasteiger partial charge on any atom is -0.342 e. The fraction of sp³-hybridized carbons (Fsp3) is 0.833. The number of rotatable bonds is 4. The van der Waals surface area contributed by atoms with Gasteiger partial charge in [0, 0.05) is 32.5 Å². The lowest BCUT2D eigenvalue weighted by Crippen LogP contribution is -2.40. The Bertz CT molecular complexity index is 617. The molecule has 0 unspecified atom stereocenters. The quantitative estimate of drug-likeness (QED) is 0.841. The standard InChI is InChI=1S/C18H30N4OS/c1-13(14-7-4-3-5-8-14)11-16(23)22-10-6-9-15(12-22)17-19-20-18(24)21(17)2/h13-15H,3-12H2,1-2H3,(H,20,24)/t13-,15-/m1/s1. The molecule has 1 aromatic heterocycles. The molecule has 0 aromatic carbocycles. The van der Waals surface area contributed by atoms with Crippen molar-refractivity contribution in [3.05, 3.63) is 10.6 Å². The van der Waals surface area contributed by atoms with Crippen LogP contribution in [0.5, 0.6) is 0 Å². The lowest BCUT2D eigenvalue weighted by molar-refractivity contribution is -0.133. The van der Waals surface area contributed by atoms with E-state index in [0.717, 1.165) is 37.7 Å². The molecule has 5 nitrogen and oxygen atoms in total. The van der Waals surface area contributed by atoms with Crippen LogP contribution in [0, 0.1) is 16.6 Å². The van der Waals surface area contributed by atoms with Crippen LogP contribution in [0.4, 0.5) is 0 Å². The molecule has 2 fully saturated rings. The van der Waals surface area contributed by atoms with E-state index in [1.807, 2.05) is 11.6 Å². The van der Waals surface area contributed by atoms with Gasteiger partial charge >= 0.3 is 0 Å². The molecule has 1 amide bonds. The van der Waals surface area contributed by atoms with E-state index >= 15 is 0 Å². The Kier molecular flexibility index (Phi) is 5.74. The van der Waals surface area contributed by atoms with E-state index < -0.39 is 0 Å². The van der Waals surface area contributed by atoms with Crippen molar-refractivity contribution < 1.29 is 4.79 Å². The van der Waals surface area contributed by atoms with Gasteiger partial charge in [0.05, 0.1) is 0 Å². The number of nitrogens with one attached hydrogen (secondary N) is 1. The van der Waals surface area contributed by atoms with Gasteiger partial charge in [-0.15, -0.1) is 0 Å². The zero-order chi connectivity index (χ0) is 17.1. The predicted octanol–water partition coefficient (Wildman–Crippen LogP) is 3.79. The maximum Gasteiger partial charge on any atom is 0.222 e. The molecular weight excluding hydrogens is 320 g/mol. The molecule has 2 atom stereocenters. The van der Waals surface area contributed by atoms with Crippen molar-refractivity contribution in [2.24, 2.45) is 18.9 Å². The Balaban J connectivity index is 1.58. The van der Waals surface area contributed by atoms with E-state index in [9.17, 15) is 4.79 Å². The molecular formula is C18H30N4OS. The van der Waals surface area contributed by atoms with Gasteiger partial charge in [-0.2, -0.15) is 5.10 Å². The van der Waals surface area contributed by atoms with E-state index in [-0.39, 0.29) is 0 Å². The Labute approximate surface area is 149 Å². The van der Waals surface area contributed by atoms with Crippen LogP contribution in [0.2, 0.25) is 0 Å². The summed E-state index contributed by atoms with van der Waals surface area (Å²) in [4.78, 5) is 14.8. The number of aromatic nitrogens is 3. The first kappa shape index (κ1) is 17.6. The summed E-state index contributed by atoms with van der Waals surface area (Å²) in [5.74, 6) is 2.87. The fourth-order valence-electron chi connectivity index (χ4n) is 4.41. The van der Waals surface area contributed by atoms with Crippen molar-refractivity contribution in [2.45, 2.75) is 64.2 Å². The molecule has 1 aromatic rings. The normalized spacial score (nSPS) is 24.1. The molecule has 0 spiro atoms. The molecule has 1 N–H and O–H groups in total. The second-order valence-corrected chi connectivity index (χ2v) is 8.09. The average Bonchev–Trinajstić information content (AvgIpc) is 2.95. The van der Waals surface area contributed by atoms with Crippen LogP contribution in [-0.4, -0.2) is 38.7 Å². The third-order valence-corrected chi connectivity index (χ3v) is 6.37. The van der Waals surface area contributed by atoms with Gasteiger partial charge < -0.3 is 9.47 Å². The molecule has 1 aliphatic carbocycles. The second-order valence-electron chi connectivity index (χ2n) is 7.70. The summed E-state index contributed by atoms with van der Waals surface area (Å²) in [7, 11) is 1.95. The molecule has 3 rings (SSSR count). The van der Waals surface area contributed by atoms with Crippen molar-refractivity contribution in [1.82, 2.24) is 19.7 Å². The molecule has 0 bridgehead atoms. The number of carbonyl (C=O) groups is 1. The zero-order valence-electron chi connectivity index (χ0n) is 15.0. The first-order valence-corrected chi connectivity index (χ1v) is 9.86. The highest BCUT2D eigenvalue weighted by Crippen LogP contribution is 2.32. The van der Waals surface area contributed by atoms with Gasteiger partial charge in [0.1, 0.15) is 5.82 Å². The Morgan fingerprint density at radius 2 is 2.04 bits per heavy atom. The van der Waals surface area contributed by atoms with E-state index in [2.05, 4.69) is 22.0 Å². The highest BCUT2D eigenvalue weighted by molar-refractivity contribution is 7.71. The first-order valence-electron chi connectivity index (χ1n) is 9.45. The summed E-state index contributed by atoms with van der Waals surface area (Å²) in [6.45, 7) is 3.94. The smallest absolute Gasteiger partial charge is 0.222 e. The third kappa shape index (κ3) is 3.90. The topological polar surface area (TPSA) is 53.9 Å². The average molecular weight is 351 g/mol. The second kappa shape index (κ2) is 7.81. The summed E-state index contributed by atoms with van der Waals surface area (Å²) in [6.07, 6.45) is 9.50. The summed E-state index contributed by atoms with van der Waals surface area (Å²) in [5, 5.41) is 7.24. The largest absolute Gasteiger partial charge is 0.342 e. The number of aromatic amines is 1. The number of carbonyl (C=O) groups excluding carboxylic acids is 1. The molecule has 2 aliphatic rings. The van der Waals surface area contributed by atoms with Crippen molar-refractivity contribution in [3.63, 3.8) is 0 Å². The molecule has 134 valence electrons. The molecule has 1 saturated carbocycles. The van der Waals surface area contributed by atoms with Crippen molar-refractivity contribution >= 4 is 18.1 Å². The Morgan fingerprint density at radius 3 is 2.71 bits per heavy atom. The van der Waals surface area contributed by atoms with Crippen LogP contribution in [0.3, 0.4) is 0 Å². The van der Waals surface area contributed by atoms with Gasteiger partial charge in [-0.25, -0.2) is 0 Å². The molecule has 1 aliphatic heterocycles. The first-order chi connectivity index (χ1) is 11.6. The number of hydrogen-bond donors (Lipinski definition) is 1. The van der Waals surface area contributed by atoms with E-state index in [1.54, 1.807) is 0 Å². The van der Waals surface area contributed by atoms with Crippen LogP contribution >= 0.6 is 12.2 Å². The lowest BCUT2D eigenvalue weighted by Gasteiger charge is -2.34. The predicted molar refractivity (Wildman–Crippen MR) is 97.3 cm³/mol. The maximum absolute atomic E-state index is 12.8. The van der Waals surface area contributed by atoms with Gasteiger partial charge in [-0.05, 0) is 36.9 Å². The number of H-pyrrole nitrogens is 1. The number of amides is 1. The SMILES string of the molecule is C[C@H](CC(=O)N1CCC[C@@H](c2n[nH]c(=S)n2C)C1)C1CCCCC1. The van der Waals surface area contributed by atoms with Gasteiger partial charge in [-0.1, -0.05) is 39.0 Å². The summed E-state index contributed by atoms with van der Waals surface area (Å²) in [6, 6.07) is 0. The molecule has 0 radical (unpaired) electrons. The number of hydrogen-bond acceptors (Lipinski definition) is 3. The van der Waals surface area contributed by atoms with E-state index in [0.29, 0.717) is 28.9 Å². The molecule has 1 saturated heterocycles. The van der Waals surface area contributed by atoms with Crippen LogP contribution in [0.1, 0.15) is 70.0 Å². The zero-order valence-corrected chi connectivity index (χ0v) is 15.8. The van der Waals surface area contributed by atoms with Crippen molar-refractivity contribution in [1.29, 1.82) is 0 Å². The van der Waals surface area contributed by atoms with E-state index in [4.69, 9.17) is 12.2 Å². The minimum absolute atomic E-state index is 0.297. The highest BCUT2D eigenvalue weighted by atomic mass is 32.1. The molecule has 6 heteroatoms. The van der Waals surface area contributed by atoms with Crippen LogP contribution in [-0.2, 0) is 11.8 Å². The number of piperidine rings is 1. The van der Waals surface area contributed by atoms with Gasteiger partial charge in [-0.3, -0.25) is 9.89 Å². The third-order valence-electron chi connectivity index (χ3n) is 6.00. The van der Waals surface area contributed by atoms with Gasteiger partial charge in [0.2, 0.25) is 5.91 Å². The van der Waals surface area contributed by atoms with Gasteiger partial charge in [0.15, 0.2) is 4.77 Å². The van der Waals surface area contributed by atoms with Crippen LogP contribution < -0.4 is 0 Å². The maximum atomic E-state index is 12.8. The monoisotopic (exact) mass is 350 g/mol. The van der Waals surface area contributed by atoms with Crippen molar-refractivity contribution in [2.75, 3.05) is 13.1 Å². The van der Waals surface area contributed by atoms with Crippen LogP contribution in [0.15, 0.2) is 0 Å². The summed E-state index contributed by atoms with van der Waals surface area (Å²) in [5.41, 5.74) is 0. The lowest BCUT2D eigenvalue weighted by atomic mass is 9.79. The summed E-state index contributed by atoms with van der Waals surface area (Å²) >= 11 is 5.22. The number of likely N-dealkylation sites (tertiary alicyclic amines) is 1.